The first kappa shape index (κ1) is 15.9. The van der Waals surface area contributed by atoms with Gasteiger partial charge in [0.25, 0.3) is 0 Å². The third-order valence-corrected chi connectivity index (χ3v) is 3.81. The number of benzene rings is 2. The molecule has 0 aliphatic rings. The molecule has 0 radical (unpaired) electrons. The molecule has 0 aromatic heterocycles. The van der Waals surface area contributed by atoms with Crippen LogP contribution >= 0.6 is 11.6 Å². The molecule has 0 fully saturated rings. The van der Waals surface area contributed by atoms with Crippen LogP contribution in [0, 0.1) is 6.92 Å². The van der Waals surface area contributed by atoms with Crippen LogP contribution in [0.2, 0.25) is 5.02 Å². The molecule has 112 valence electrons. The first-order chi connectivity index (χ1) is 10.1. The predicted octanol–water partition coefficient (Wildman–Crippen LogP) is 5.11. The summed E-state index contributed by atoms with van der Waals surface area (Å²) in [5.41, 5.74) is 3.51. The predicted molar refractivity (Wildman–Crippen MR) is 89.5 cm³/mol. The summed E-state index contributed by atoms with van der Waals surface area (Å²) in [5.74, 6) is 1.72. The molecule has 0 saturated carbocycles. The lowest BCUT2D eigenvalue weighted by Crippen LogP contribution is -2.11. The maximum Gasteiger partial charge on any atom is 0.130 e. The fourth-order valence-electron chi connectivity index (χ4n) is 2.22. The summed E-state index contributed by atoms with van der Waals surface area (Å²) in [6.07, 6.45) is 0.899. The van der Waals surface area contributed by atoms with Crippen molar-refractivity contribution in [3.63, 3.8) is 0 Å². The summed E-state index contributed by atoms with van der Waals surface area (Å²) < 4.78 is 5.99. The minimum atomic E-state index is 0.794. The normalized spacial score (nSPS) is 10.7. The molecule has 2 rings (SSSR count). The van der Waals surface area contributed by atoms with Gasteiger partial charge >= 0.3 is 0 Å². The van der Waals surface area contributed by atoms with Crippen LogP contribution in [0.5, 0.6) is 11.5 Å². The molecule has 21 heavy (non-hydrogen) atoms. The molecule has 0 atom stereocenters. The highest BCUT2D eigenvalue weighted by molar-refractivity contribution is 6.31. The lowest BCUT2D eigenvalue weighted by molar-refractivity contribution is 0.478. The molecule has 3 heteroatoms. The molecule has 2 aromatic rings. The van der Waals surface area contributed by atoms with E-state index >= 15 is 0 Å². The van der Waals surface area contributed by atoms with Crippen LogP contribution in [-0.2, 0) is 13.0 Å². The Hall–Kier alpha value is -1.51. The van der Waals surface area contributed by atoms with Crippen molar-refractivity contribution in [3.05, 3.63) is 58.1 Å². The van der Waals surface area contributed by atoms with E-state index in [0.29, 0.717) is 0 Å². The Morgan fingerprint density at radius 1 is 1.10 bits per heavy atom. The number of ether oxygens (including phenoxy) is 1. The zero-order valence-corrected chi connectivity index (χ0v) is 13.6. The van der Waals surface area contributed by atoms with Gasteiger partial charge in [0.1, 0.15) is 11.5 Å². The molecule has 0 heterocycles. The van der Waals surface area contributed by atoms with E-state index in [4.69, 9.17) is 16.3 Å². The van der Waals surface area contributed by atoms with E-state index in [1.54, 1.807) is 0 Å². The van der Waals surface area contributed by atoms with Gasteiger partial charge in [0.05, 0.1) is 0 Å². The molecular weight excluding hydrogens is 282 g/mol. The standard InChI is InChI=1S/C18H22ClNO/c1-4-15-11-16(7-8-17(15)19)21-18-9-6-14(10-13(18)3)12-20-5-2/h6-11,20H,4-5,12H2,1-3H3. The topological polar surface area (TPSA) is 21.3 Å². The van der Waals surface area contributed by atoms with Gasteiger partial charge in [-0.25, -0.2) is 0 Å². The van der Waals surface area contributed by atoms with Crippen LogP contribution in [0.15, 0.2) is 36.4 Å². The second-order valence-corrected chi connectivity index (χ2v) is 5.50. The van der Waals surface area contributed by atoms with Gasteiger partial charge in [0.2, 0.25) is 0 Å². The Bertz CT molecular complexity index is 610. The summed E-state index contributed by atoms with van der Waals surface area (Å²) in [5, 5.41) is 4.12. The van der Waals surface area contributed by atoms with E-state index in [1.165, 1.54) is 5.56 Å². The van der Waals surface area contributed by atoms with E-state index in [1.807, 2.05) is 24.3 Å². The third kappa shape index (κ3) is 4.23. The quantitative estimate of drug-likeness (QED) is 0.800. The molecule has 1 N–H and O–H groups in total. The highest BCUT2D eigenvalue weighted by Gasteiger charge is 2.05. The van der Waals surface area contributed by atoms with Crippen molar-refractivity contribution in [2.45, 2.75) is 33.7 Å². The van der Waals surface area contributed by atoms with E-state index < -0.39 is 0 Å². The lowest BCUT2D eigenvalue weighted by Gasteiger charge is -2.12. The van der Waals surface area contributed by atoms with Crippen molar-refractivity contribution in [1.29, 1.82) is 0 Å². The fourth-order valence-corrected chi connectivity index (χ4v) is 2.47. The molecule has 0 aliphatic carbocycles. The van der Waals surface area contributed by atoms with Crippen LogP contribution in [-0.4, -0.2) is 6.54 Å². The summed E-state index contributed by atoms with van der Waals surface area (Å²) in [4.78, 5) is 0. The molecule has 0 spiro atoms. The van der Waals surface area contributed by atoms with Crippen molar-refractivity contribution in [3.8, 4) is 11.5 Å². The van der Waals surface area contributed by atoms with Gasteiger partial charge in [0.15, 0.2) is 0 Å². The fraction of sp³-hybridized carbons (Fsp3) is 0.333. The summed E-state index contributed by atoms with van der Waals surface area (Å²) in [6, 6.07) is 12.1. The summed E-state index contributed by atoms with van der Waals surface area (Å²) in [7, 11) is 0. The summed E-state index contributed by atoms with van der Waals surface area (Å²) >= 11 is 6.14. The monoisotopic (exact) mass is 303 g/mol. The zero-order valence-electron chi connectivity index (χ0n) is 12.9. The van der Waals surface area contributed by atoms with Gasteiger partial charge in [-0.15, -0.1) is 0 Å². The minimum Gasteiger partial charge on any atom is -0.457 e. The van der Waals surface area contributed by atoms with E-state index in [-0.39, 0.29) is 0 Å². The van der Waals surface area contributed by atoms with Gasteiger partial charge in [-0.1, -0.05) is 37.6 Å². The van der Waals surface area contributed by atoms with Gasteiger partial charge in [-0.2, -0.15) is 0 Å². The smallest absolute Gasteiger partial charge is 0.130 e. The molecule has 2 aromatic carbocycles. The Morgan fingerprint density at radius 2 is 1.90 bits per heavy atom. The van der Waals surface area contributed by atoms with Crippen LogP contribution in [0.3, 0.4) is 0 Å². The average molecular weight is 304 g/mol. The highest BCUT2D eigenvalue weighted by atomic mass is 35.5. The molecule has 0 amide bonds. The molecular formula is C18H22ClNO. The molecule has 0 unspecified atom stereocenters. The van der Waals surface area contributed by atoms with Gasteiger partial charge in [0, 0.05) is 11.6 Å². The SMILES string of the molecule is CCNCc1ccc(Oc2ccc(Cl)c(CC)c2)c(C)c1. The molecule has 0 saturated heterocycles. The van der Waals surface area contributed by atoms with E-state index in [9.17, 15) is 0 Å². The minimum absolute atomic E-state index is 0.794. The van der Waals surface area contributed by atoms with Gasteiger partial charge < -0.3 is 10.1 Å². The molecule has 0 bridgehead atoms. The Balaban J connectivity index is 2.16. The van der Waals surface area contributed by atoms with E-state index in [2.05, 4.69) is 38.2 Å². The number of aryl methyl sites for hydroxylation is 2. The lowest BCUT2D eigenvalue weighted by atomic mass is 10.1. The second-order valence-electron chi connectivity index (χ2n) is 5.09. The second kappa shape index (κ2) is 7.48. The van der Waals surface area contributed by atoms with Gasteiger partial charge in [-0.3, -0.25) is 0 Å². The third-order valence-electron chi connectivity index (χ3n) is 3.44. The van der Waals surface area contributed by atoms with Gasteiger partial charge in [-0.05, 0) is 60.8 Å². The molecule has 2 nitrogen and oxygen atoms in total. The number of halogens is 1. The number of rotatable bonds is 6. The maximum atomic E-state index is 6.14. The number of hydrogen-bond acceptors (Lipinski definition) is 2. The van der Waals surface area contributed by atoms with Crippen molar-refractivity contribution in [2.24, 2.45) is 0 Å². The highest BCUT2D eigenvalue weighted by Crippen LogP contribution is 2.29. The summed E-state index contributed by atoms with van der Waals surface area (Å²) in [6.45, 7) is 8.13. The first-order valence-corrected chi connectivity index (χ1v) is 7.78. The average Bonchev–Trinajstić information content (AvgIpc) is 2.49. The van der Waals surface area contributed by atoms with Crippen molar-refractivity contribution < 1.29 is 4.74 Å². The van der Waals surface area contributed by atoms with Crippen molar-refractivity contribution in [1.82, 2.24) is 5.32 Å². The number of hydrogen-bond donors (Lipinski definition) is 1. The first-order valence-electron chi connectivity index (χ1n) is 7.40. The van der Waals surface area contributed by atoms with Crippen LogP contribution in [0.4, 0.5) is 0 Å². The van der Waals surface area contributed by atoms with E-state index in [0.717, 1.165) is 47.2 Å². The molecule has 0 aliphatic heterocycles. The largest absolute Gasteiger partial charge is 0.457 e. The Morgan fingerprint density at radius 3 is 2.57 bits per heavy atom. The maximum absolute atomic E-state index is 6.14. The zero-order chi connectivity index (χ0) is 15.2. The van der Waals surface area contributed by atoms with Crippen LogP contribution in [0.25, 0.3) is 0 Å². The van der Waals surface area contributed by atoms with Crippen LogP contribution < -0.4 is 10.1 Å². The van der Waals surface area contributed by atoms with Crippen molar-refractivity contribution >= 4 is 11.6 Å². The Labute approximate surface area is 132 Å². The van der Waals surface area contributed by atoms with Crippen molar-refractivity contribution in [2.75, 3.05) is 6.54 Å². The Kier molecular flexibility index (Phi) is 5.66. The number of nitrogens with one attached hydrogen (secondary N) is 1. The van der Waals surface area contributed by atoms with Crippen LogP contribution in [0.1, 0.15) is 30.5 Å².